The Morgan fingerprint density at radius 3 is 2.56 bits per heavy atom. The first-order valence-corrected chi connectivity index (χ1v) is 6.53. The van der Waals surface area contributed by atoms with Crippen LogP contribution in [-0.2, 0) is 6.42 Å². The lowest BCUT2D eigenvalue weighted by Gasteiger charge is -2.01. The predicted molar refractivity (Wildman–Crippen MR) is 72.4 cm³/mol. The molecule has 2 aromatic rings. The van der Waals surface area contributed by atoms with Crippen LogP contribution in [0.15, 0.2) is 28.7 Å². The first-order chi connectivity index (χ1) is 7.70. The first kappa shape index (κ1) is 11.6. The molecule has 0 amide bonds. The summed E-state index contributed by atoms with van der Waals surface area (Å²) in [6.07, 6.45) is 0.820. The SMILES string of the molecule is NCCc1sc(N)nc1-c1ccc(Br)cc1. The van der Waals surface area contributed by atoms with Gasteiger partial charge in [0.1, 0.15) is 0 Å². The van der Waals surface area contributed by atoms with Gasteiger partial charge in [-0.05, 0) is 25.1 Å². The Bertz CT molecular complexity index is 478. The molecule has 0 aliphatic rings. The Kier molecular flexibility index (Phi) is 3.58. The van der Waals surface area contributed by atoms with Gasteiger partial charge in [-0.2, -0.15) is 0 Å². The van der Waals surface area contributed by atoms with Gasteiger partial charge < -0.3 is 11.5 Å². The number of aromatic nitrogens is 1. The molecular formula is C11H12BrN3S. The zero-order valence-electron chi connectivity index (χ0n) is 8.61. The van der Waals surface area contributed by atoms with Crippen LogP contribution in [0.2, 0.25) is 0 Å². The van der Waals surface area contributed by atoms with Crippen LogP contribution in [-0.4, -0.2) is 11.5 Å². The van der Waals surface area contributed by atoms with E-state index in [1.807, 2.05) is 24.3 Å². The summed E-state index contributed by atoms with van der Waals surface area (Å²) in [6, 6.07) is 8.05. The first-order valence-electron chi connectivity index (χ1n) is 4.92. The number of hydrogen-bond acceptors (Lipinski definition) is 4. The molecule has 0 unspecified atom stereocenters. The lowest BCUT2D eigenvalue weighted by atomic mass is 10.1. The lowest BCUT2D eigenvalue weighted by Crippen LogP contribution is -2.02. The number of anilines is 1. The minimum absolute atomic E-state index is 0.598. The average molecular weight is 298 g/mol. The Hall–Kier alpha value is -0.910. The monoisotopic (exact) mass is 297 g/mol. The second-order valence-electron chi connectivity index (χ2n) is 3.37. The predicted octanol–water partition coefficient (Wildman–Crippen LogP) is 2.66. The fraction of sp³-hybridized carbons (Fsp3) is 0.182. The van der Waals surface area contributed by atoms with E-state index in [1.165, 1.54) is 11.3 Å². The van der Waals surface area contributed by atoms with E-state index in [1.54, 1.807) is 0 Å². The van der Waals surface area contributed by atoms with Crippen molar-refractivity contribution in [3.8, 4) is 11.3 Å². The highest BCUT2D eigenvalue weighted by Crippen LogP contribution is 2.30. The molecule has 16 heavy (non-hydrogen) atoms. The fourth-order valence-electron chi connectivity index (χ4n) is 1.50. The second kappa shape index (κ2) is 4.95. The van der Waals surface area contributed by atoms with Crippen LogP contribution >= 0.6 is 27.3 Å². The normalized spacial score (nSPS) is 10.6. The fourth-order valence-corrected chi connectivity index (χ4v) is 2.64. The maximum Gasteiger partial charge on any atom is 0.180 e. The van der Waals surface area contributed by atoms with Gasteiger partial charge in [-0.15, -0.1) is 11.3 Å². The summed E-state index contributed by atoms with van der Waals surface area (Å²) >= 11 is 4.92. The number of nitrogen functional groups attached to an aromatic ring is 1. The van der Waals surface area contributed by atoms with E-state index in [4.69, 9.17) is 11.5 Å². The molecule has 1 aromatic heterocycles. The van der Waals surface area contributed by atoms with Gasteiger partial charge in [-0.3, -0.25) is 0 Å². The Morgan fingerprint density at radius 1 is 1.25 bits per heavy atom. The molecule has 0 aliphatic heterocycles. The Labute approximate surface area is 107 Å². The minimum Gasteiger partial charge on any atom is -0.375 e. The van der Waals surface area contributed by atoms with Gasteiger partial charge in [0, 0.05) is 14.9 Å². The largest absolute Gasteiger partial charge is 0.375 e. The quantitative estimate of drug-likeness (QED) is 0.915. The Morgan fingerprint density at radius 2 is 1.94 bits per heavy atom. The molecule has 0 saturated heterocycles. The third-order valence-corrected chi connectivity index (χ3v) is 3.68. The van der Waals surface area contributed by atoms with Crippen LogP contribution in [0.5, 0.6) is 0 Å². The summed E-state index contributed by atoms with van der Waals surface area (Å²) in [7, 11) is 0. The minimum atomic E-state index is 0.598. The molecular weight excluding hydrogens is 286 g/mol. The maximum absolute atomic E-state index is 5.73. The topological polar surface area (TPSA) is 64.9 Å². The van der Waals surface area contributed by atoms with Crippen molar-refractivity contribution in [2.75, 3.05) is 12.3 Å². The molecule has 4 N–H and O–H groups in total. The van der Waals surface area contributed by atoms with Gasteiger partial charge in [0.05, 0.1) is 5.69 Å². The summed E-state index contributed by atoms with van der Waals surface area (Å²) in [6.45, 7) is 0.616. The third kappa shape index (κ3) is 2.42. The molecule has 84 valence electrons. The number of benzene rings is 1. The van der Waals surface area contributed by atoms with E-state index < -0.39 is 0 Å². The summed E-state index contributed by atoms with van der Waals surface area (Å²) in [4.78, 5) is 5.51. The summed E-state index contributed by atoms with van der Waals surface area (Å²) in [5.41, 5.74) is 13.3. The molecule has 0 radical (unpaired) electrons. The summed E-state index contributed by atoms with van der Waals surface area (Å²) in [5.74, 6) is 0. The van der Waals surface area contributed by atoms with Gasteiger partial charge in [0.25, 0.3) is 0 Å². The van der Waals surface area contributed by atoms with E-state index >= 15 is 0 Å². The maximum atomic E-state index is 5.73. The lowest BCUT2D eigenvalue weighted by molar-refractivity contribution is 0.986. The molecule has 0 bridgehead atoms. The molecule has 3 nitrogen and oxygen atoms in total. The van der Waals surface area contributed by atoms with Gasteiger partial charge in [-0.25, -0.2) is 4.98 Å². The zero-order valence-corrected chi connectivity index (χ0v) is 11.0. The number of rotatable bonds is 3. The number of halogens is 1. The number of thiazole rings is 1. The molecule has 0 fully saturated rings. The number of nitrogens with two attached hydrogens (primary N) is 2. The molecule has 0 saturated carbocycles. The number of hydrogen-bond donors (Lipinski definition) is 2. The standard InChI is InChI=1S/C11H12BrN3S/c12-8-3-1-7(2-4-8)10-9(5-6-13)16-11(14)15-10/h1-4H,5-6,13H2,(H2,14,15). The van der Waals surface area contributed by atoms with Gasteiger partial charge in [0.15, 0.2) is 5.13 Å². The molecule has 0 spiro atoms. The number of nitrogens with zero attached hydrogens (tertiary/aromatic N) is 1. The molecule has 2 rings (SSSR count). The van der Waals surface area contributed by atoms with Crippen molar-refractivity contribution >= 4 is 32.4 Å². The zero-order chi connectivity index (χ0) is 11.5. The van der Waals surface area contributed by atoms with Crippen molar-refractivity contribution in [2.45, 2.75) is 6.42 Å². The van der Waals surface area contributed by atoms with Crippen molar-refractivity contribution in [3.05, 3.63) is 33.6 Å². The summed E-state index contributed by atoms with van der Waals surface area (Å²) < 4.78 is 1.06. The van der Waals surface area contributed by atoms with E-state index in [-0.39, 0.29) is 0 Å². The van der Waals surface area contributed by atoms with Crippen LogP contribution < -0.4 is 11.5 Å². The van der Waals surface area contributed by atoms with Crippen molar-refractivity contribution in [3.63, 3.8) is 0 Å². The highest BCUT2D eigenvalue weighted by Gasteiger charge is 2.10. The van der Waals surface area contributed by atoms with Crippen LogP contribution in [0.4, 0.5) is 5.13 Å². The van der Waals surface area contributed by atoms with Crippen molar-refractivity contribution in [1.82, 2.24) is 4.98 Å². The molecule has 0 atom stereocenters. The van der Waals surface area contributed by atoms with Crippen LogP contribution in [0, 0.1) is 0 Å². The summed E-state index contributed by atoms with van der Waals surface area (Å²) in [5, 5.41) is 0.598. The van der Waals surface area contributed by atoms with Gasteiger partial charge in [0.2, 0.25) is 0 Å². The van der Waals surface area contributed by atoms with E-state index in [0.29, 0.717) is 11.7 Å². The van der Waals surface area contributed by atoms with Crippen molar-refractivity contribution in [1.29, 1.82) is 0 Å². The molecule has 1 aromatic carbocycles. The van der Waals surface area contributed by atoms with E-state index in [0.717, 1.165) is 27.0 Å². The van der Waals surface area contributed by atoms with Crippen LogP contribution in [0.3, 0.4) is 0 Å². The van der Waals surface area contributed by atoms with Crippen molar-refractivity contribution in [2.24, 2.45) is 5.73 Å². The van der Waals surface area contributed by atoms with Crippen molar-refractivity contribution < 1.29 is 0 Å². The Balaban J connectivity index is 2.42. The molecule has 0 aliphatic carbocycles. The molecule has 1 heterocycles. The van der Waals surface area contributed by atoms with Crippen LogP contribution in [0.25, 0.3) is 11.3 Å². The van der Waals surface area contributed by atoms with E-state index in [9.17, 15) is 0 Å². The average Bonchev–Trinajstić information content (AvgIpc) is 2.61. The highest BCUT2D eigenvalue weighted by molar-refractivity contribution is 9.10. The van der Waals surface area contributed by atoms with Gasteiger partial charge >= 0.3 is 0 Å². The third-order valence-electron chi connectivity index (χ3n) is 2.20. The molecule has 5 heteroatoms. The second-order valence-corrected chi connectivity index (χ2v) is 5.40. The highest BCUT2D eigenvalue weighted by atomic mass is 79.9. The van der Waals surface area contributed by atoms with E-state index in [2.05, 4.69) is 20.9 Å². The van der Waals surface area contributed by atoms with Gasteiger partial charge in [-0.1, -0.05) is 28.1 Å². The van der Waals surface area contributed by atoms with Crippen LogP contribution in [0.1, 0.15) is 4.88 Å². The smallest absolute Gasteiger partial charge is 0.180 e.